The summed E-state index contributed by atoms with van der Waals surface area (Å²) in [7, 11) is 4.91. The van der Waals surface area contributed by atoms with E-state index in [4.69, 9.17) is 10.5 Å². The second-order valence-corrected chi connectivity index (χ2v) is 5.90. The first-order chi connectivity index (χ1) is 12.7. The zero-order valence-electron chi connectivity index (χ0n) is 15.1. The maximum Gasteiger partial charge on any atom is 0.121 e. The van der Waals surface area contributed by atoms with E-state index in [0.29, 0.717) is 0 Å². The highest BCUT2D eigenvalue weighted by Gasteiger charge is 2.09. The maximum absolute atomic E-state index is 5.75. The first-order valence-corrected chi connectivity index (χ1v) is 8.18. The maximum atomic E-state index is 5.75. The number of methoxy groups -OCH3 is 2. The number of pyridine rings is 1. The van der Waals surface area contributed by atoms with Crippen LogP contribution in [0.5, 0.6) is 5.75 Å². The van der Waals surface area contributed by atoms with Crippen molar-refractivity contribution in [3.05, 3.63) is 60.6 Å². The number of nitrogens with zero attached hydrogens (tertiary/aromatic N) is 3. The molecule has 0 saturated heterocycles. The summed E-state index contributed by atoms with van der Waals surface area (Å²) in [6, 6.07) is 13.8. The lowest BCUT2D eigenvalue weighted by Crippen LogP contribution is -1.99. The van der Waals surface area contributed by atoms with Crippen molar-refractivity contribution in [3.63, 3.8) is 0 Å². The average Bonchev–Trinajstić information content (AvgIpc) is 3.07. The van der Waals surface area contributed by atoms with E-state index in [1.54, 1.807) is 27.5 Å². The van der Waals surface area contributed by atoms with E-state index in [1.165, 1.54) is 5.56 Å². The molecule has 2 heterocycles. The molecular formula is C20H22N4O2. The van der Waals surface area contributed by atoms with Gasteiger partial charge in [-0.1, -0.05) is 12.1 Å². The first-order valence-electron chi connectivity index (χ1n) is 8.18. The highest BCUT2D eigenvalue weighted by molar-refractivity contribution is 6.02. The van der Waals surface area contributed by atoms with Crippen LogP contribution >= 0.6 is 0 Å². The average molecular weight is 350 g/mol. The molecule has 6 nitrogen and oxygen atoms in total. The van der Waals surface area contributed by atoms with Crippen LogP contribution in [0.4, 0.5) is 5.69 Å². The second-order valence-electron chi connectivity index (χ2n) is 5.90. The number of nitrogens with two attached hydrogens (primary N) is 1. The molecule has 2 N–H and O–H groups in total. The van der Waals surface area contributed by atoms with Crippen LogP contribution in [0.3, 0.4) is 0 Å². The predicted octanol–water partition coefficient (Wildman–Crippen LogP) is 3.49. The smallest absolute Gasteiger partial charge is 0.121 e. The Balaban J connectivity index is 0.000000613. The molecule has 0 aliphatic heterocycles. The van der Waals surface area contributed by atoms with Crippen molar-refractivity contribution in [1.29, 1.82) is 0 Å². The molecule has 0 amide bonds. The Morgan fingerprint density at radius 2 is 1.69 bits per heavy atom. The molecule has 0 unspecified atom stereocenters. The standard InChI is InChI=1S/C18H16N4O.C2H6O/c1-23-14-6-7-15-16(8-14)20-9-17-18(15)22(11-21-17)10-12-2-4-13(19)5-3-12;1-3-2/h2-9,11H,10,19H2,1H3;1-2H3. The number of benzene rings is 2. The Labute approximate surface area is 152 Å². The molecule has 0 saturated carbocycles. The van der Waals surface area contributed by atoms with E-state index in [1.807, 2.05) is 48.8 Å². The number of aromatic nitrogens is 3. The zero-order chi connectivity index (χ0) is 18.5. The van der Waals surface area contributed by atoms with Crippen molar-refractivity contribution in [2.75, 3.05) is 27.1 Å². The van der Waals surface area contributed by atoms with Crippen molar-refractivity contribution in [2.45, 2.75) is 6.54 Å². The summed E-state index contributed by atoms with van der Waals surface area (Å²) in [5, 5.41) is 1.07. The van der Waals surface area contributed by atoms with Crippen molar-refractivity contribution in [3.8, 4) is 5.75 Å². The van der Waals surface area contributed by atoms with Crippen molar-refractivity contribution in [1.82, 2.24) is 14.5 Å². The van der Waals surface area contributed by atoms with Crippen LogP contribution in [0.1, 0.15) is 5.56 Å². The molecule has 0 bridgehead atoms. The minimum atomic E-state index is 0.738. The number of anilines is 1. The number of hydrogen-bond acceptors (Lipinski definition) is 5. The number of fused-ring (bicyclic) bond motifs is 3. The summed E-state index contributed by atoms with van der Waals surface area (Å²) in [6.45, 7) is 0.738. The summed E-state index contributed by atoms with van der Waals surface area (Å²) in [6.07, 6.45) is 3.66. The van der Waals surface area contributed by atoms with E-state index in [2.05, 4.69) is 19.3 Å². The minimum Gasteiger partial charge on any atom is -0.497 e. The lowest BCUT2D eigenvalue weighted by Gasteiger charge is -2.08. The third-order valence-electron chi connectivity index (χ3n) is 3.98. The van der Waals surface area contributed by atoms with E-state index in [9.17, 15) is 0 Å². The van der Waals surface area contributed by atoms with Gasteiger partial charge in [0, 0.05) is 37.9 Å². The van der Waals surface area contributed by atoms with Crippen LogP contribution < -0.4 is 10.5 Å². The van der Waals surface area contributed by atoms with Crippen LogP contribution in [-0.4, -0.2) is 35.9 Å². The Hall–Kier alpha value is -3.12. The molecule has 0 aliphatic rings. The van der Waals surface area contributed by atoms with Gasteiger partial charge in [0.1, 0.15) is 11.3 Å². The van der Waals surface area contributed by atoms with Gasteiger partial charge in [-0.2, -0.15) is 0 Å². The summed E-state index contributed by atoms with van der Waals surface area (Å²) in [4.78, 5) is 8.95. The largest absolute Gasteiger partial charge is 0.497 e. The SMILES string of the molecule is COC.COc1ccc2c(c1)ncc1ncn(Cc3ccc(N)cc3)c12. The topological polar surface area (TPSA) is 75.2 Å². The van der Waals surface area contributed by atoms with Crippen LogP contribution in [0, 0.1) is 0 Å². The lowest BCUT2D eigenvalue weighted by atomic mass is 10.1. The van der Waals surface area contributed by atoms with E-state index in [-0.39, 0.29) is 0 Å². The number of rotatable bonds is 3. The Morgan fingerprint density at radius 1 is 0.962 bits per heavy atom. The molecule has 0 radical (unpaired) electrons. The zero-order valence-corrected chi connectivity index (χ0v) is 15.1. The molecule has 6 heteroatoms. The Bertz CT molecular complexity index is 1010. The van der Waals surface area contributed by atoms with E-state index in [0.717, 1.165) is 39.9 Å². The van der Waals surface area contributed by atoms with Crippen LogP contribution in [-0.2, 0) is 11.3 Å². The number of hydrogen-bond donors (Lipinski definition) is 1. The third-order valence-corrected chi connectivity index (χ3v) is 3.98. The van der Waals surface area contributed by atoms with Gasteiger partial charge in [0.2, 0.25) is 0 Å². The fourth-order valence-electron chi connectivity index (χ4n) is 2.80. The molecule has 2 aromatic heterocycles. The minimum absolute atomic E-state index is 0.738. The molecule has 0 fully saturated rings. The Morgan fingerprint density at radius 3 is 2.38 bits per heavy atom. The van der Waals surface area contributed by atoms with E-state index >= 15 is 0 Å². The number of nitrogen functional groups attached to an aromatic ring is 1. The summed E-state index contributed by atoms with van der Waals surface area (Å²) in [5.74, 6) is 0.800. The number of imidazole rings is 1. The van der Waals surface area contributed by atoms with Crippen LogP contribution in [0.2, 0.25) is 0 Å². The third kappa shape index (κ3) is 3.60. The quantitative estimate of drug-likeness (QED) is 0.573. The highest BCUT2D eigenvalue weighted by Crippen LogP contribution is 2.26. The predicted molar refractivity (Wildman–Crippen MR) is 104 cm³/mol. The fraction of sp³-hybridized carbons (Fsp3) is 0.200. The lowest BCUT2D eigenvalue weighted by molar-refractivity contribution is 0.277. The van der Waals surface area contributed by atoms with Gasteiger partial charge >= 0.3 is 0 Å². The van der Waals surface area contributed by atoms with Crippen molar-refractivity contribution >= 4 is 27.6 Å². The molecule has 0 atom stereocenters. The van der Waals surface area contributed by atoms with Crippen molar-refractivity contribution in [2.24, 2.45) is 0 Å². The molecule has 4 rings (SSSR count). The molecule has 0 aliphatic carbocycles. The van der Waals surface area contributed by atoms with Gasteiger partial charge in [0.15, 0.2) is 0 Å². The molecular weight excluding hydrogens is 328 g/mol. The fourth-order valence-corrected chi connectivity index (χ4v) is 2.80. The van der Waals surface area contributed by atoms with Gasteiger partial charge in [-0.15, -0.1) is 0 Å². The Kier molecular flexibility index (Phi) is 5.34. The monoisotopic (exact) mass is 350 g/mol. The van der Waals surface area contributed by atoms with Gasteiger partial charge in [0.05, 0.1) is 30.7 Å². The summed E-state index contributed by atoms with van der Waals surface area (Å²) < 4.78 is 11.7. The first kappa shape index (κ1) is 17.7. The normalized spacial score (nSPS) is 10.6. The molecule has 134 valence electrons. The number of ether oxygens (including phenoxy) is 2. The molecule has 0 spiro atoms. The highest BCUT2D eigenvalue weighted by atomic mass is 16.5. The van der Waals surface area contributed by atoms with Crippen LogP contribution in [0.25, 0.3) is 21.9 Å². The van der Waals surface area contributed by atoms with E-state index < -0.39 is 0 Å². The van der Waals surface area contributed by atoms with Gasteiger partial charge in [-0.25, -0.2) is 4.98 Å². The summed E-state index contributed by atoms with van der Waals surface area (Å²) >= 11 is 0. The molecule has 4 aromatic rings. The molecule has 26 heavy (non-hydrogen) atoms. The van der Waals surface area contributed by atoms with Gasteiger partial charge < -0.3 is 19.8 Å². The van der Waals surface area contributed by atoms with Gasteiger partial charge in [-0.3, -0.25) is 4.98 Å². The van der Waals surface area contributed by atoms with Gasteiger partial charge in [-0.05, 0) is 29.8 Å². The van der Waals surface area contributed by atoms with Crippen LogP contribution in [0.15, 0.2) is 55.0 Å². The molecule has 2 aromatic carbocycles. The summed E-state index contributed by atoms with van der Waals surface area (Å²) in [5.41, 5.74) is 10.6. The second kappa shape index (κ2) is 7.84. The van der Waals surface area contributed by atoms with Gasteiger partial charge in [0.25, 0.3) is 0 Å². The van der Waals surface area contributed by atoms with Crippen molar-refractivity contribution < 1.29 is 9.47 Å².